The van der Waals surface area contributed by atoms with Crippen molar-refractivity contribution in [1.29, 1.82) is 0 Å². The van der Waals surface area contributed by atoms with Gasteiger partial charge in [-0.15, -0.1) is 0 Å². The molecule has 0 aliphatic carbocycles. The molecule has 0 spiro atoms. The molecule has 1 aromatic rings. The van der Waals surface area contributed by atoms with Crippen molar-refractivity contribution in [3.8, 4) is 5.75 Å². The zero-order valence-corrected chi connectivity index (χ0v) is 15.4. The van der Waals surface area contributed by atoms with Crippen molar-refractivity contribution in [1.82, 2.24) is 4.90 Å². The Labute approximate surface area is 147 Å². The second kappa shape index (κ2) is 10.2. The Balaban J connectivity index is 0.00000264. The molecule has 3 nitrogen and oxygen atoms in total. The number of ether oxygens (including phenoxy) is 1. The molecule has 2 rings (SSSR count). The monoisotopic (exact) mass is 340 g/mol. The van der Waals surface area contributed by atoms with Gasteiger partial charge in [-0.05, 0) is 50.8 Å². The summed E-state index contributed by atoms with van der Waals surface area (Å²) in [4.78, 5) is 2.42. The molecule has 3 atom stereocenters. The van der Waals surface area contributed by atoms with Gasteiger partial charge in [0.15, 0.2) is 0 Å². The van der Waals surface area contributed by atoms with Crippen LogP contribution in [0.3, 0.4) is 0 Å². The lowest BCUT2D eigenvalue weighted by atomic mass is 9.97. The smallest absolute Gasteiger partial charge is 0.119 e. The predicted molar refractivity (Wildman–Crippen MR) is 91.4 cm³/mol. The first-order chi connectivity index (χ1) is 10.6. The van der Waals surface area contributed by atoms with Gasteiger partial charge in [-0.25, -0.2) is 0 Å². The van der Waals surface area contributed by atoms with E-state index in [2.05, 4.69) is 37.8 Å². The van der Waals surface area contributed by atoms with Gasteiger partial charge in [-0.2, -0.15) is 0 Å². The molecular weight excluding hydrogens is 310 g/mol. The molecule has 0 amide bonds. The van der Waals surface area contributed by atoms with E-state index in [1.807, 2.05) is 12.1 Å². The van der Waals surface area contributed by atoms with Crippen molar-refractivity contribution < 1.29 is 22.3 Å². The van der Waals surface area contributed by atoms with Crippen LogP contribution in [-0.2, 0) is 6.42 Å². The molecule has 1 heterocycles. The third-order valence-corrected chi connectivity index (χ3v) is 4.70. The van der Waals surface area contributed by atoms with E-state index in [0.29, 0.717) is 25.2 Å². The van der Waals surface area contributed by atoms with E-state index >= 15 is 0 Å². The molecule has 1 aliphatic rings. The Bertz CT molecular complexity index is 428. The summed E-state index contributed by atoms with van der Waals surface area (Å²) in [5, 5.41) is 10.3. The van der Waals surface area contributed by atoms with Gasteiger partial charge in [-0.1, -0.05) is 31.9 Å². The molecule has 4 heteroatoms. The largest absolute Gasteiger partial charge is 1.00 e. The third-order valence-electron chi connectivity index (χ3n) is 4.70. The SMILES string of the molecule is CCCc1ccc(OCC(O)CN2C(C)CCCC2C)cc1.[Cl-]. The van der Waals surface area contributed by atoms with Gasteiger partial charge in [0.25, 0.3) is 0 Å². The summed E-state index contributed by atoms with van der Waals surface area (Å²) in [5.41, 5.74) is 1.34. The molecule has 132 valence electrons. The molecule has 0 bridgehead atoms. The van der Waals surface area contributed by atoms with Crippen LogP contribution < -0.4 is 17.1 Å². The van der Waals surface area contributed by atoms with E-state index in [1.54, 1.807) is 0 Å². The fraction of sp³-hybridized carbons (Fsp3) is 0.684. The van der Waals surface area contributed by atoms with Crippen LogP contribution in [0.25, 0.3) is 0 Å². The number of nitrogens with zero attached hydrogens (tertiary/aromatic N) is 1. The standard InChI is InChI=1S/C19H31NO2.ClH/c1-4-6-17-9-11-19(12-10-17)22-14-18(21)13-20-15(2)7-5-8-16(20)3;/h9-12,15-16,18,21H,4-8,13-14H2,1-3H3;1H/p-1. The summed E-state index contributed by atoms with van der Waals surface area (Å²) in [6.07, 6.45) is 5.60. The number of halogens is 1. The molecular formula is C19H31ClNO2-. The number of rotatable bonds is 7. The van der Waals surface area contributed by atoms with Gasteiger partial charge in [0.1, 0.15) is 18.5 Å². The van der Waals surface area contributed by atoms with E-state index in [-0.39, 0.29) is 12.4 Å². The van der Waals surface area contributed by atoms with Crippen molar-refractivity contribution >= 4 is 0 Å². The minimum absolute atomic E-state index is 0. The average Bonchev–Trinajstić information content (AvgIpc) is 2.51. The lowest BCUT2D eigenvalue weighted by Crippen LogP contribution is -3.00. The number of aliphatic hydroxyl groups excluding tert-OH is 1. The Morgan fingerprint density at radius 3 is 2.35 bits per heavy atom. The average molecular weight is 341 g/mol. The minimum Gasteiger partial charge on any atom is -1.00 e. The maximum atomic E-state index is 10.3. The molecule has 23 heavy (non-hydrogen) atoms. The van der Waals surface area contributed by atoms with Crippen molar-refractivity contribution in [3.63, 3.8) is 0 Å². The fourth-order valence-electron chi connectivity index (χ4n) is 3.36. The number of piperidine rings is 1. The zero-order chi connectivity index (χ0) is 15.9. The Morgan fingerprint density at radius 2 is 1.78 bits per heavy atom. The topological polar surface area (TPSA) is 32.7 Å². The Morgan fingerprint density at radius 1 is 1.17 bits per heavy atom. The van der Waals surface area contributed by atoms with Gasteiger partial charge < -0.3 is 22.3 Å². The summed E-state index contributed by atoms with van der Waals surface area (Å²) in [6.45, 7) is 7.77. The number of likely N-dealkylation sites (tertiary alicyclic amines) is 1. The molecule has 0 radical (unpaired) electrons. The summed E-state index contributed by atoms with van der Waals surface area (Å²) in [5.74, 6) is 0.846. The first-order valence-corrected chi connectivity index (χ1v) is 8.75. The maximum absolute atomic E-state index is 10.3. The molecule has 0 aromatic heterocycles. The first kappa shape index (κ1) is 20.3. The third kappa shape index (κ3) is 6.33. The highest BCUT2D eigenvalue weighted by Gasteiger charge is 2.26. The quantitative estimate of drug-likeness (QED) is 0.791. The molecule has 0 saturated carbocycles. The van der Waals surface area contributed by atoms with Crippen LogP contribution in [0, 0.1) is 0 Å². The summed E-state index contributed by atoms with van der Waals surface area (Å²) in [7, 11) is 0. The molecule has 1 saturated heterocycles. The van der Waals surface area contributed by atoms with Crippen molar-refractivity contribution in [2.24, 2.45) is 0 Å². The van der Waals surface area contributed by atoms with Crippen molar-refractivity contribution in [2.75, 3.05) is 13.2 Å². The number of aryl methyl sites for hydroxylation is 1. The molecule has 1 aliphatic heterocycles. The van der Waals surface area contributed by atoms with Gasteiger partial charge in [-0.3, -0.25) is 4.90 Å². The number of β-amino-alcohol motifs (C(OH)–C–C–N with tert-alkyl or cyclic N) is 1. The van der Waals surface area contributed by atoms with Crippen molar-refractivity contribution in [3.05, 3.63) is 29.8 Å². The van der Waals surface area contributed by atoms with E-state index in [0.717, 1.165) is 18.6 Å². The summed E-state index contributed by atoms with van der Waals surface area (Å²) in [6, 6.07) is 9.35. The summed E-state index contributed by atoms with van der Waals surface area (Å²) < 4.78 is 5.74. The molecule has 1 aromatic carbocycles. The van der Waals surface area contributed by atoms with Crippen LogP contribution in [-0.4, -0.2) is 41.3 Å². The predicted octanol–water partition coefficient (Wildman–Crippen LogP) is 0.646. The fourth-order valence-corrected chi connectivity index (χ4v) is 3.36. The lowest BCUT2D eigenvalue weighted by molar-refractivity contribution is -0.00000667. The van der Waals surface area contributed by atoms with Gasteiger partial charge in [0, 0.05) is 18.6 Å². The molecule has 3 unspecified atom stereocenters. The van der Waals surface area contributed by atoms with Crippen LogP contribution in [0.15, 0.2) is 24.3 Å². The van der Waals surface area contributed by atoms with Gasteiger partial charge in [0.05, 0.1) is 0 Å². The van der Waals surface area contributed by atoms with E-state index in [4.69, 9.17) is 4.74 Å². The highest BCUT2D eigenvalue weighted by atomic mass is 35.5. The zero-order valence-electron chi connectivity index (χ0n) is 14.7. The second-order valence-electron chi connectivity index (χ2n) is 6.68. The highest BCUT2D eigenvalue weighted by molar-refractivity contribution is 5.27. The number of hydrogen-bond acceptors (Lipinski definition) is 3. The minimum atomic E-state index is -0.432. The first-order valence-electron chi connectivity index (χ1n) is 8.75. The number of hydrogen-bond donors (Lipinski definition) is 1. The van der Waals surface area contributed by atoms with Gasteiger partial charge in [0.2, 0.25) is 0 Å². The van der Waals surface area contributed by atoms with E-state index in [1.165, 1.54) is 24.8 Å². The number of aliphatic hydroxyl groups is 1. The van der Waals surface area contributed by atoms with Gasteiger partial charge >= 0.3 is 0 Å². The number of benzene rings is 1. The van der Waals surface area contributed by atoms with Crippen LogP contribution in [0.1, 0.15) is 52.0 Å². The molecule has 1 N–H and O–H groups in total. The maximum Gasteiger partial charge on any atom is 0.119 e. The normalized spacial score (nSPS) is 23.1. The van der Waals surface area contributed by atoms with Crippen molar-refractivity contribution in [2.45, 2.75) is 71.1 Å². The Hall–Kier alpha value is -0.770. The Kier molecular flexibility index (Phi) is 8.96. The highest BCUT2D eigenvalue weighted by Crippen LogP contribution is 2.22. The van der Waals surface area contributed by atoms with E-state index in [9.17, 15) is 5.11 Å². The van der Waals surface area contributed by atoms with Crippen LogP contribution in [0.4, 0.5) is 0 Å². The van der Waals surface area contributed by atoms with Crippen LogP contribution in [0.2, 0.25) is 0 Å². The second-order valence-corrected chi connectivity index (χ2v) is 6.68. The van der Waals surface area contributed by atoms with Crippen LogP contribution in [0.5, 0.6) is 5.75 Å². The van der Waals surface area contributed by atoms with Crippen LogP contribution >= 0.6 is 0 Å². The van der Waals surface area contributed by atoms with E-state index < -0.39 is 6.10 Å². The molecule has 1 fully saturated rings. The summed E-state index contributed by atoms with van der Waals surface area (Å²) >= 11 is 0. The lowest BCUT2D eigenvalue weighted by Gasteiger charge is -2.40.